The molecule has 1 aromatic heterocycles. The molecular weight excluding hydrogens is 353 g/mol. The maximum atomic E-state index is 12.8. The lowest BCUT2D eigenvalue weighted by Gasteiger charge is -2.40. The zero-order valence-corrected chi connectivity index (χ0v) is 15.1. The number of halogens is 3. The lowest BCUT2D eigenvalue weighted by molar-refractivity contribution is -0.250. The van der Waals surface area contributed by atoms with Crippen LogP contribution in [0.15, 0.2) is 6.20 Å². The molecule has 0 saturated carbocycles. The van der Waals surface area contributed by atoms with Gasteiger partial charge >= 0.3 is 12.2 Å². The maximum absolute atomic E-state index is 12.8. The number of aliphatic hydroxyl groups is 1. The molecule has 26 heavy (non-hydrogen) atoms. The van der Waals surface area contributed by atoms with Crippen LogP contribution >= 0.6 is 0 Å². The average molecular weight is 376 g/mol. The predicted octanol–water partition coefficient (Wildman–Crippen LogP) is 1.61. The standard InChI is InChI=1S/C16H23F3N4O3/c1-9-8-23(21-11(9)3)14(25)20-12-5-6-22(7-10(12)2)13(24)15(4,26)16(17,18)19/h8,10,12,26H,5-7H2,1-4H3,(H,20,25)/t10-,12+,15?/m1/s1. The normalized spacial score (nSPS) is 23.5. The second-order valence-corrected chi connectivity index (χ2v) is 6.99. The Morgan fingerprint density at radius 1 is 1.35 bits per heavy atom. The van der Waals surface area contributed by atoms with Gasteiger partial charge in [-0.15, -0.1) is 0 Å². The Labute approximate surface area is 149 Å². The SMILES string of the molecule is Cc1cn(C(=O)N[C@H]2CCN(C(=O)C(C)(O)C(F)(F)F)C[C@H]2C)nc1C. The molecule has 0 spiro atoms. The summed E-state index contributed by atoms with van der Waals surface area (Å²) in [5, 5.41) is 16.4. The zero-order chi connectivity index (χ0) is 19.9. The molecule has 3 atom stereocenters. The number of amides is 2. The monoisotopic (exact) mass is 376 g/mol. The van der Waals surface area contributed by atoms with Crippen LogP contribution in [-0.2, 0) is 4.79 Å². The first-order chi connectivity index (χ1) is 11.8. The topological polar surface area (TPSA) is 87.5 Å². The number of piperidine rings is 1. The van der Waals surface area contributed by atoms with Gasteiger partial charge in [0.25, 0.3) is 5.91 Å². The van der Waals surface area contributed by atoms with Gasteiger partial charge < -0.3 is 15.3 Å². The van der Waals surface area contributed by atoms with Crippen molar-refractivity contribution in [2.24, 2.45) is 5.92 Å². The average Bonchev–Trinajstić information content (AvgIpc) is 2.87. The van der Waals surface area contributed by atoms with Crippen molar-refractivity contribution in [3.8, 4) is 0 Å². The number of carbonyl (C=O) groups excluding carboxylic acids is 2. The highest BCUT2D eigenvalue weighted by Crippen LogP contribution is 2.32. The van der Waals surface area contributed by atoms with E-state index in [1.807, 2.05) is 6.92 Å². The number of nitrogens with one attached hydrogen (secondary N) is 1. The third-order valence-corrected chi connectivity index (χ3v) is 4.82. The van der Waals surface area contributed by atoms with Gasteiger partial charge in [-0.2, -0.15) is 23.0 Å². The van der Waals surface area contributed by atoms with Crippen LogP contribution in [0.2, 0.25) is 0 Å². The molecule has 1 unspecified atom stereocenters. The molecule has 1 aliphatic rings. The molecule has 0 bridgehead atoms. The highest BCUT2D eigenvalue weighted by molar-refractivity contribution is 5.85. The number of aryl methyl sites for hydroxylation is 2. The summed E-state index contributed by atoms with van der Waals surface area (Å²) in [7, 11) is 0. The summed E-state index contributed by atoms with van der Waals surface area (Å²) in [5.74, 6) is -1.65. The van der Waals surface area contributed by atoms with Gasteiger partial charge in [-0.05, 0) is 38.7 Å². The molecule has 1 aliphatic heterocycles. The molecule has 1 saturated heterocycles. The molecule has 146 valence electrons. The Balaban J connectivity index is 2.00. The Kier molecular flexibility index (Phi) is 5.36. The van der Waals surface area contributed by atoms with E-state index < -0.39 is 23.7 Å². The molecule has 2 N–H and O–H groups in total. The second-order valence-electron chi connectivity index (χ2n) is 6.99. The summed E-state index contributed by atoms with van der Waals surface area (Å²) in [6.45, 7) is 5.80. The quantitative estimate of drug-likeness (QED) is 0.821. The van der Waals surface area contributed by atoms with Gasteiger partial charge in [0.15, 0.2) is 0 Å². The number of hydrogen-bond acceptors (Lipinski definition) is 4. The fraction of sp³-hybridized carbons (Fsp3) is 0.688. The summed E-state index contributed by atoms with van der Waals surface area (Å²) in [4.78, 5) is 25.3. The van der Waals surface area contributed by atoms with Gasteiger partial charge in [-0.25, -0.2) is 4.79 Å². The van der Waals surface area contributed by atoms with E-state index in [9.17, 15) is 27.9 Å². The van der Waals surface area contributed by atoms with Crippen LogP contribution < -0.4 is 5.32 Å². The molecular formula is C16H23F3N4O3. The zero-order valence-electron chi connectivity index (χ0n) is 15.1. The Morgan fingerprint density at radius 2 is 1.96 bits per heavy atom. The summed E-state index contributed by atoms with van der Waals surface area (Å²) >= 11 is 0. The highest BCUT2D eigenvalue weighted by Gasteiger charge is 2.57. The molecule has 2 amide bonds. The molecule has 0 radical (unpaired) electrons. The van der Waals surface area contributed by atoms with Crippen molar-refractivity contribution in [1.82, 2.24) is 20.0 Å². The van der Waals surface area contributed by atoms with Gasteiger partial charge in [0, 0.05) is 25.3 Å². The van der Waals surface area contributed by atoms with E-state index in [0.29, 0.717) is 6.92 Å². The minimum absolute atomic E-state index is 0.00712. The summed E-state index contributed by atoms with van der Waals surface area (Å²) in [6, 6.07) is -0.743. The molecule has 10 heteroatoms. The smallest absolute Gasteiger partial charge is 0.373 e. The van der Waals surface area contributed by atoms with E-state index in [1.165, 1.54) is 4.68 Å². The van der Waals surface area contributed by atoms with Crippen LogP contribution in [0.5, 0.6) is 0 Å². The first-order valence-corrected chi connectivity index (χ1v) is 8.26. The van der Waals surface area contributed by atoms with Crippen molar-refractivity contribution in [2.75, 3.05) is 13.1 Å². The lowest BCUT2D eigenvalue weighted by Crippen LogP contribution is -2.60. The second kappa shape index (κ2) is 6.90. The van der Waals surface area contributed by atoms with E-state index in [2.05, 4.69) is 10.4 Å². The Morgan fingerprint density at radius 3 is 2.42 bits per heavy atom. The third-order valence-electron chi connectivity index (χ3n) is 4.82. The van der Waals surface area contributed by atoms with E-state index in [0.717, 1.165) is 16.2 Å². The minimum atomic E-state index is -5.05. The molecule has 0 aromatic carbocycles. The molecule has 2 rings (SSSR count). The van der Waals surface area contributed by atoms with E-state index in [4.69, 9.17) is 0 Å². The van der Waals surface area contributed by atoms with Crippen molar-refractivity contribution < 1.29 is 27.9 Å². The van der Waals surface area contributed by atoms with Crippen molar-refractivity contribution in [1.29, 1.82) is 0 Å². The fourth-order valence-electron chi connectivity index (χ4n) is 2.85. The van der Waals surface area contributed by atoms with Crippen LogP contribution in [-0.4, -0.2) is 62.6 Å². The van der Waals surface area contributed by atoms with Crippen LogP contribution in [0.3, 0.4) is 0 Å². The molecule has 2 heterocycles. The van der Waals surface area contributed by atoms with Gasteiger partial charge in [-0.3, -0.25) is 4.79 Å². The van der Waals surface area contributed by atoms with Gasteiger partial charge in [0.05, 0.1) is 5.69 Å². The van der Waals surface area contributed by atoms with Gasteiger partial charge in [0.2, 0.25) is 5.60 Å². The van der Waals surface area contributed by atoms with Crippen molar-refractivity contribution in [3.05, 3.63) is 17.5 Å². The Bertz CT molecular complexity index is 680. The number of rotatable bonds is 2. The largest absolute Gasteiger partial charge is 0.426 e. The van der Waals surface area contributed by atoms with Crippen LogP contribution in [0, 0.1) is 19.8 Å². The number of alkyl halides is 3. The number of carbonyl (C=O) groups is 2. The summed E-state index contributed by atoms with van der Waals surface area (Å²) in [5.41, 5.74) is -1.83. The summed E-state index contributed by atoms with van der Waals surface area (Å²) in [6.07, 6.45) is -3.17. The highest BCUT2D eigenvalue weighted by atomic mass is 19.4. The van der Waals surface area contributed by atoms with Gasteiger partial charge in [-0.1, -0.05) is 6.92 Å². The molecule has 1 aromatic rings. The lowest BCUT2D eigenvalue weighted by atomic mass is 9.92. The number of nitrogens with zero attached hydrogens (tertiary/aromatic N) is 3. The Hall–Kier alpha value is -2.10. The van der Waals surface area contributed by atoms with Gasteiger partial charge in [0.1, 0.15) is 0 Å². The first kappa shape index (κ1) is 20.2. The van der Waals surface area contributed by atoms with E-state index in [-0.39, 0.29) is 31.5 Å². The molecule has 1 fully saturated rings. The predicted molar refractivity (Wildman–Crippen MR) is 86.5 cm³/mol. The van der Waals surface area contributed by atoms with Crippen LogP contribution in [0.25, 0.3) is 0 Å². The third kappa shape index (κ3) is 3.84. The van der Waals surface area contributed by atoms with Crippen molar-refractivity contribution >= 4 is 11.9 Å². The first-order valence-electron chi connectivity index (χ1n) is 8.26. The number of aromatic nitrogens is 2. The number of likely N-dealkylation sites (tertiary alicyclic amines) is 1. The number of hydrogen-bond donors (Lipinski definition) is 2. The molecule has 7 nitrogen and oxygen atoms in total. The van der Waals surface area contributed by atoms with Crippen molar-refractivity contribution in [2.45, 2.75) is 51.9 Å². The van der Waals surface area contributed by atoms with Crippen molar-refractivity contribution in [3.63, 3.8) is 0 Å². The summed E-state index contributed by atoms with van der Waals surface area (Å²) < 4.78 is 39.7. The van der Waals surface area contributed by atoms with Crippen LogP contribution in [0.4, 0.5) is 18.0 Å². The maximum Gasteiger partial charge on any atom is 0.426 e. The minimum Gasteiger partial charge on any atom is -0.373 e. The van der Waals surface area contributed by atoms with E-state index >= 15 is 0 Å². The van der Waals surface area contributed by atoms with E-state index in [1.54, 1.807) is 20.0 Å². The fourth-order valence-corrected chi connectivity index (χ4v) is 2.85. The molecule has 0 aliphatic carbocycles. The van der Waals surface area contributed by atoms with Crippen LogP contribution in [0.1, 0.15) is 31.5 Å².